The van der Waals surface area contributed by atoms with E-state index in [1.807, 2.05) is 0 Å². The van der Waals surface area contributed by atoms with Crippen molar-refractivity contribution in [1.29, 1.82) is 0 Å². The second-order valence-corrected chi connectivity index (χ2v) is 6.75. The van der Waals surface area contributed by atoms with Crippen LogP contribution in [0.4, 0.5) is 13.2 Å². The van der Waals surface area contributed by atoms with Crippen LogP contribution in [0, 0.1) is 17.8 Å². The Morgan fingerprint density at radius 2 is 1.96 bits per heavy atom. The quantitative estimate of drug-likeness (QED) is 0.838. The predicted octanol–water partition coefficient (Wildman–Crippen LogP) is 3.14. The molecule has 1 heterocycles. The smallest absolute Gasteiger partial charge is 0.433 e. The lowest BCUT2D eigenvalue weighted by molar-refractivity contribution is -0.149. The van der Waals surface area contributed by atoms with E-state index in [1.54, 1.807) is 0 Å². The van der Waals surface area contributed by atoms with Crippen molar-refractivity contribution in [2.45, 2.75) is 44.3 Å². The molecular formula is C16H19F3N2O4. The number of hydrogen-bond acceptors (Lipinski definition) is 4. The molecule has 9 heteroatoms. The Hall–Kier alpha value is -2.06. The first kappa shape index (κ1) is 17.8. The number of halogens is 3. The van der Waals surface area contributed by atoms with E-state index in [0.717, 1.165) is 17.3 Å². The first-order valence-corrected chi connectivity index (χ1v) is 8.19. The number of carboxylic acid groups (broad SMARTS) is 1. The topological polar surface area (TPSA) is 81.4 Å². The van der Waals surface area contributed by atoms with Crippen LogP contribution in [0.3, 0.4) is 0 Å². The summed E-state index contributed by atoms with van der Waals surface area (Å²) in [5.74, 6) is -2.04. The van der Waals surface area contributed by atoms with Crippen molar-refractivity contribution in [2.24, 2.45) is 17.8 Å². The molecule has 25 heavy (non-hydrogen) atoms. The number of esters is 1. The number of methoxy groups -OCH3 is 1. The monoisotopic (exact) mass is 360 g/mol. The number of carboxylic acids is 1. The lowest BCUT2D eigenvalue weighted by atomic mass is 9.75. The van der Waals surface area contributed by atoms with Crippen LogP contribution in [0.15, 0.2) is 6.20 Å². The van der Waals surface area contributed by atoms with Crippen molar-refractivity contribution in [3.05, 3.63) is 17.5 Å². The van der Waals surface area contributed by atoms with Crippen LogP contribution in [0.25, 0.3) is 0 Å². The van der Waals surface area contributed by atoms with Crippen molar-refractivity contribution in [1.82, 2.24) is 9.78 Å². The number of alkyl halides is 3. The van der Waals surface area contributed by atoms with Gasteiger partial charge in [-0.15, -0.1) is 0 Å². The van der Waals surface area contributed by atoms with Crippen LogP contribution in [-0.4, -0.2) is 33.9 Å². The number of aromatic carboxylic acids is 1. The van der Waals surface area contributed by atoms with E-state index in [4.69, 9.17) is 9.84 Å². The van der Waals surface area contributed by atoms with Gasteiger partial charge < -0.3 is 9.84 Å². The van der Waals surface area contributed by atoms with Gasteiger partial charge in [0, 0.05) is 0 Å². The summed E-state index contributed by atoms with van der Waals surface area (Å²) in [4.78, 5) is 23.0. The Balaban J connectivity index is 1.91. The van der Waals surface area contributed by atoms with Gasteiger partial charge in [-0.3, -0.25) is 9.48 Å². The van der Waals surface area contributed by atoms with Gasteiger partial charge in [0.05, 0.1) is 25.3 Å². The van der Waals surface area contributed by atoms with Gasteiger partial charge in [0.1, 0.15) is 5.56 Å². The molecule has 138 valence electrons. The van der Waals surface area contributed by atoms with Crippen LogP contribution < -0.4 is 0 Å². The number of carbonyl (C=O) groups excluding carboxylic acids is 1. The molecule has 0 saturated heterocycles. The normalized spacial score (nSPS) is 29.3. The van der Waals surface area contributed by atoms with Crippen molar-refractivity contribution < 1.29 is 32.6 Å². The minimum absolute atomic E-state index is 0.0511. The van der Waals surface area contributed by atoms with Gasteiger partial charge in [-0.2, -0.15) is 18.3 Å². The number of nitrogens with zero attached hydrogens (tertiary/aromatic N) is 2. The van der Waals surface area contributed by atoms with Gasteiger partial charge in [0.15, 0.2) is 5.69 Å². The maximum absolute atomic E-state index is 13.4. The van der Waals surface area contributed by atoms with Crippen molar-refractivity contribution >= 4 is 11.9 Å². The second kappa shape index (κ2) is 6.34. The molecule has 1 aromatic rings. The summed E-state index contributed by atoms with van der Waals surface area (Å²) in [5.41, 5.74) is -2.07. The Bertz CT molecular complexity index is 685. The standard InChI is InChI=1S/C16H19F3N2O4/c1-25-15(24)10-5-3-8-2-4-9(6-11(8)10)21-13(16(17,18)19)12(7-20-21)14(22)23/h7-11H,2-6H2,1H3,(H,22,23)/t8-,9-,10?,11+/m1/s1. The molecule has 0 amide bonds. The summed E-state index contributed by atoms with van der Waals surface area (Å²) in [6.07, 6.45) is -0.958. The molecule has 2 saturated carbocycles. The van der Waals surface area contributed by atoms with Gasteiger partial charge in [-0.1, -0.05) is 0 Å². The number of ether oxygens (including phenoxy) is 1. The summed E-state index contributed by atoms with van der Waals surface area (Å²) in [7, 11) is 1.31. The van der Waals surface area contributed by atoms with E-state index in [2.05, 4.69) is 5.10 Å². The Morgan fingerprint density at radius 1 is 1.28 bits per heavy atom. The summed E-state index contributed by atoms with van der Waals surface area (Å²) in [5, 5.41) is 12.8. The molecule has 0 aromatic carbocycles. The maximum Gasteiger partial charge on any atom is 0.433 e. The minimum Gasteiger partial charge on any atom is -0.478 e. The highest BCUT2D eigenvalue weighted by Crippen LogP contribution is 2.50. The fourth-order valence-electron chi connectivity index (χ4n) is 4.45. The van der Waals surface area contributed by atoms with Crippen LogP contribution in [-0.2, 0) is 15.7 Å². The van der Waals surface area contributed by atoms with Gasteiger partial charge >= 0.3 is 18.1 Å². The molecule has 0 radical (unpaired) electrons. The molecule has 0 bridgehead atoms. The summed E-state index contributed by atoms with van der Waals surface area (Å²) >= 11 is 0. The van der Waals surface area contributed by atoms with Crippen LogP contribution in [0.2, 0.25) is 0 Å². The lowest BCUT2D eigenvalue weighted by Gasteiger charge is -2.34. The molecule has 6 nitrogen and oxygen atoms in total. The molecule has 2 fully saturated rings. The molecule has 2 aliphatic carbocycles. The molecule has 0 spiro atoms. The average Bonchev–Trinajstić information content (AvgIpc) is 3.17. The number of fused-ring (bicyclic) bond motifs is 1. The van der Waals surface area contributed by atoms with Crippen LogP contribution in [0.1, 0.15) is 54.2 Å². The third kappa shape index (κ3) is 3.11. The van der Waals surface area contributed by atoms with Crippen LogP contribution >= 0.6 is 0 Å². The molecule has 1 unspecified atom stereocenters. The third-order valence-electron chi connectivity index (χ3n) is 5.53. The van der Waals surface area contributed by atoms with Crippen molar-refractivity contribution in [3.8, 4) is 0 Å². The summed E-state index contributed by atoms with van der Waals surface area (Å²) in [6, 6.07) is -0.573. The van der Waals surface area contributed by atoms with Gasteiger partial charge in [-0.05, 0) is 43.9 Å². The molecule has 3 rings (SSSR count). The fraction of sp³-hybridized carbons (Fsp3) is 0.688. The number of hydrogen-bond donors (Lipinski definition) is 1. The van der Waals surface area contributed by atoms with Crippen molar-refractivity contribution in [3.63, 3.8) is 0 Å². The lowest BCUT2D eigenvalue weighted by Crippen LogP contribution is -2.32. The fourth-order valence-corrected chi connectivity index (χ4v) is 4.45. The first-order valence-electron chi connectivity index (χ1n) is 8.19. The van der Waals surface area contributed by atoms with Gasteiger partial charge in [0.25, 0.3) is 0 Å². The maximum atomic E-state index is 13.4. The number of carbonyl (C=O) groups is 2. The molecule has 1 N–H and O–H groups in total. The highest BCUT2D eigenvalue weighted by Gasteiger charge is 2.47. The summed E-state index contributed by atoms with van der Waals surface area (Å²) < 4.78 is 45.8. The van der Waals surface area contributed by atoms with E-state index in [0.29, 0.717) is 31.6 Å². The third-order valence-corrected chi connectivity index (χ3v) is 5.53. The molecule has 0 aliphatic heterocycles. The summed E-state index contributed by atoms with van der Waals surface area (Å²) in [6.45, 7) is 0. The zero-order chi connectivity index (χ0) is 18.4. The SMILES string of the molecule is COC(=O)C1CC[C@H]2CC[C@@H](n3ncc(C(=O)O)c3C(F)(F)F)C[C@H]12. The predicted molar refractivity (Wildman–Crippen MR) is 78.8 cm³/mol. The van der Waals surface area contributed by atoms with Crippen molar-refractivity contribution in [2.75, 3.05) is 7.11 Å². The highest BCUT2D eigenvalue weighted by molar-refractivity contribution is 5.88. The first-order chi connectivity index (χ1) is 11.7. The van der Waals surface area contributed by atoms with E-state index < -0.39 is 29.4 Å². The zero-order valence-corrected chi connectivity index (χ0v) is 13.6. The molecule has 4 atom stereocenters. The molecule has 2 aliphatic rings. The Morgan fingerprint density at radius 3 is 2.56 bits per heavy atom. The number of aromatic nitrogens is 2. The van der Waals surface area contributed by atoms with Crippen LogP contribution in [0.5, 0.6) is 0 Å². The van der Waals surface area contributed by atoms with Gasteiger partial charge in [0.2, 0.25) is 0 Å². The Labute approximate surface area is 141 Å². The number of rotatable bonds is 3. The zero-order valence-electron chi connectivity index (χ0n) is 13.6. The van der Waals surface area contributed by atoms with E-state index in [9.17, 15) is 22.8 Å². The van der Waals surface area contributed by atoms with Gasteiger partial charge in [-0.25, -0.2) is 4.79 Å². The highest BCUT2D eigenvalue weighted by atomic mass is 19.4. The average molecular weight is 360 g/mol. The second-order valence-electron chi connectivity index (χ2n) is 6.75. The van der Waals surface area contributed by atoms with E-state index >= 15 is 0 Å². The molecule has 1 aromatic heterocycles. The minimum atomic E-state index is -4.81. The largest absolute Gasteiger partial charge is 0.478 e. The Kier molecular flexibility index (Phi) is 4.51. The molecular weight excluding hydrogens is 341 g/mol. The van der Waals surface area contributed by atoms with E-state index in [-0.39, 0.29) is 17.8 Å². The van der Waals surface area contributed by atoms with E-state index in [1.165, 1.54) is 7.11 Å².